The van der Waals surface area contributed by atoms with E-state index in [0.29, 0.717) is 17.9 Å². The second-order valence-corrected chi connectivity index (χ2v) is 5.93. The smallest absolute Gasteiger partial charge is 0.223 e. The summed E-state index contributed by atoms with van der Waals surface area (Å²) in [6.07, 6.45) is 6.99. The predicted molar refractivity (Wildman–Crippen MR) is 69.8 cm³/mol. The van der Waals surface area contributed by atoms with Crippen molar-refractivity contribution in [2.45, 2.75) is 51.5 Å². The Bertz CT molecular complexity index is 267. The average molecular weight is 238 g/mol. The number of nitrogens with zero attached hydrogens (tertiary/aromatic N) is 1. The van der Waals surface area contributed by atoms with E-state index in [4.69, 9.17) is 0 Å². The molecule has 1 saturated heterocycles. The molecule has 98 valence electrons. The Morgan fingerprint density at radius 1 is 1.35 bits per heavy atom. The van der Waals surface area contributed by atoms with E-state index in [0.717, 1.165) is 25.4 Å². The molecule has 0 spiro atoms. The summed E-state index contributed by atoms with van der Waals surface area (Å²) in [7, 11) is 1.97. The number of hydrogen-bond acceptors (Lipinski definition) is 2. The lowest BCUT2D eigenvalue weighted by Crippen LogP contribution is -2.41. The molecule has 1 N–H and O–H groups in total. The number of amides is 1. The minimum Gasteiger partial charge on any atom is -0.338 e. The van der Waals surface area contributed by atoms with Gasteiger partial charge in [-0.2, -0.15) is 0 Å². The molecule has 0 aromatic rings. The van der Waals surface area contributed by atoms with Crippen LogP contribution in [0.3, 0.4) is 0 Å². The van der Waals surface area contributed by atoms with E-state index in [-0.39, 0.29) is 0 Å². The SMILES string of the molecule is CNC[C@@H]1CCCN1C(=O)C[C@@H]1CC[C@@H](C)C1. The summed E-state index contributed by atoms with van der Waals surface area (Å²) in [5.41, 5.74) is 0. The van der Waals surface area contributed by atoms with Crippen LogP contribution in [0.4, 0.5) is 0 Å². The highest BCUT2D eigenvalue weighted by molar-refractivity contribution is 5.77. The lowest BCUT2D eigenvalue weighted by atomic mass is 10.0. The van der Waals surface area contributed by atoms with Gasteiger partial charge in [0.25, 0.3) is 0 Å². The summed E-state index contributed by atoms with van der Waals surface area (Å²) in [6.45, 7) is 4.24. The van der Waals surface area contributed by atoms with Gasteiger partial charge in [-0.25, -0.2) is 0 Å². The van der Waals surface area contributed by atoms with Gasteiger partial charge in [-0.15, -0.1) is 0 Å². The third kappa shape index (κ3) is 3.21. The topological polar surface area (TPSA) is 32.3 Å². The Labute approximate surface area is 105 Å². The Hall–Kier alpha value is -0.570. The Morgan fingerprint density at radius 2 is 2.18 bits per heavy atom. The largest absolute Gasteiger partial charge is 0.338 e. The van der Waals surface area contributed by atoms with Gasteiger partial charge in [-0.05, 0) is 44.6 Å². The maximum Gasteiger partial charge on any atom is 0.223 e. The van der Waals surface area contributed by atoms with Crippen molar-refractivity contribution in [3.8, 4) is 0 Å². The van der Waals surface area contributed by atoms with Crippen LogP contribution < -0.4 is 5.32 Å². The lowest BCUT2D eigenvalue weighted by molar-refractivity contribution is -0.132. The molecule has 17 heavy (non-hydrogen) atoms. The molecule has 0 radical (unpaired) electrons. The van der Waals surface area contributed by atoms with E-state index in [1.807, 2.05) is 7.05 Å². The van der Waals surface area contributed by atoms with E-state index in [2.05, 4.69) is 17.1 Å². The van der Waals surface area contributed by atoms with Gasteiger partial charge in [0.2, 0.25) is 5.91 Å². The molecule has 1 aliphatic heterocycles. The fourth-order valence-corrected chi connectivity index (χ4v) is 3.49. The predicted octanol–water partition coefficient (Wildman–Crippen LogP) is 2.02. The van der Waals surface area contributed by atoms with Crippen LogP contribution in [0.5, 0.6) is 0 Å². The summed E-state index contributed by atoms with van der Waals surface area (Å²) in [5, 5.41) is 3.20. The van der Waals surface area contributed by atoms with Crippen molar-refractivity contribution in [3.05, 3.63) is 0 Å². The molecule has 3 heteroatoms. The van der Waals surface area contributed by atoms with Gasteiger partial charge in [-0.1, -0.05) is 13.3 Å². The maximum absolute atomic E-state index is 12.3. The summed E-state index contributed by atoms with van der Waals surface area (Å²) in [4.78, 5) is 14.4. The zero-order valence-electron chi connectivity index (χ0n) is 11.2. The van der Waals surface area contributed by atoms with Crippen LogP contribution in [0.2, 0.25) is 0 Å². The number of carbonyl (C=O) groups excluding carboxylic acids is 1. The average Bonchev–Trinajstić information content (AvgIpc) is 2.88. The molecule has 0 aromatic heterocycles. The van der Waals surface area contributed by atoms with Gasteiger partial charge in [0.1, 0.15) is 0 Å². The number of likely N-dealkylation sites (tertiary alicyclic amines) is 1. The first-order valence-electron chi connectivity index (χ1n) is 7.14. The van der Waals surface area contributed by atoms with E-state index in [1.165, 1.54) is 32.1 Å². The second kappa shape index (κ2) is 5.85. The minimum atomic E-state index is 0.404. The molecule has 3 atom stereocenters. The molecule has 2 aliphatic rings. The van der Waals surface area contributed by atoms with Crippen LogP contribution in [0.25, 0.3) is 0 Å². The second-order valence-electron chi connectivity index (χ2n) is 5.93. The van der Waals surface area contributed by atoms with E-state index in [9.17, 15) is 4.79 Å². The van der Waals surface area contributed by atoms with E-state index in [1.54, 1.807) is 0 Å². The molecule has 0 bridgehead atoms. The van der Waals surface area contributed by atoms with Gasteiger partial charge >= 0.3 is 0 Å². The van der Waals surface area contributed by atoms with Gasteiger partial charge < -0.3 is 10.2 Å². The van der Waals surface area contributed by atoms with Crippen LogP contribution in [0, 0.1) is 11.8 Å². The highest BCUT2D eigenvalue weighted by atomic mass is 16.2. The fraction of sp³-hybridized carbons (Fsp3) is 0.929. The summed E-state index contributed by atoms with van der Waals surface area (Å²) in [6, 6.07) is 0.450. The highest BCUT2D eigenvalue weighted by Crippen LogP contribution is 2.33. The third-order valence-corrected chi connectivity index (χ3v) is 4.40. The molecule has 1 aliphatic carbocycles. The standard InChI is InChI=1S/C14H26N2O/c1-11-5-6-12(8-11)9-14(17)16-7-3-4-13(16)10-15-2/h11-13,15H,3-10H2,1-2H3/t11-,12-,13+/m1/s1. The van der Waals surface area contributed by atoms with Crippen LogP contribution in [0.1, 0.15) is 45.4 Å². The number of carbonyl (C=O) groups is 1. The van der Waals surface area contributed by atoms with E-state index >= 15 is 0 Å². The van der Waals surface area contributed by atoms with Crippen molar-refractivity contribution in [1.29, 1.82) is 0 Å². The monoisotopic (exact) mass is 238 g/mol. The number of hydrogen-bond donors (Lipinski definition) is 1. The normalized spacial score (nSPS) is 33.3. The van der Waals surface area contributed by atoms with Crippen molar-refractivity contribution >= 4 is 5.91 Å². The molecule has 3 nitrogen and oxygen atoms in total. The van der Waals surface area contributed by atoms with Gasteiger partial charge in [-0.3, -0.25) is 4.79 Å². The third-order valence-electron chi connectivity index (χ3n) is 4.40. The molecule has 1 saturated carbocycles. The Morgan fingerprint density at radius 3 is 2.82 bits per heavy atom. The number of nitrogens with one attached hydrogen (secondary N) is 1. The molecular formula is C14H26N2O. The molecule has 2 rings (SSSR count). The molecule has 0 aromatic carbocycles. The van der Waals surface area contributed by atoms with Crippen molar-refractivity contribution in [2.24, 2.45) is 11.8 Å². The quantitative estimate of drug-likeness (QED) is 0.812. The van der Waals surface area contributed by atoms with Crippen molar-refractivity contribution < 1.29 is 4.79 Å². The van der Waals surface area contributed by atoms with Gasteiger partial charge in [0, 0.05) is 25.6 Å². The first kappa shape index (κ1) is 12.9. The summed E-state index contributed by atoms with van der Waals surface area (Å²) < 4.78 is 0. The zero-order valence-corrected chi connectivity index (χ0v) is 11.2. The Balaban J connectivity index is 1.82. The van der Waals surface area contributed by atoms with Gasteiger partial charge in [0.05, 0.1) is 0 Å². The first-order chi connectivity index (χ1) is 8.20. The van der Waals surface area contributed by atoms with Crippen LogP contribution in [-0.4, -0.2) is 37.0 Å². The molecule has 2 fully saturated rings. The number of rotatable bonds is 4. The Kier molecular flexibility index (Phi) is 4.43. The summed E-state index contributed by atoms with van der Waals surface area (Å²) in [5.74, 6) is 1.90. The fourth-order valence-electron chi connectivity index (χ4n) is 3.49. The van der Waals surface area contributed by atoms with E-state index < -0.39 is 0 Å². The molecule has 1 amide bonds. The highest BCUT2D eigenvalue weighted by Gasteiger charge is 2.31. The summed E-state index contributed by atoms with van der Waals surface area (Å²) >= 11 is 0. The van der Waals surface area contributed by atoms with Crippen LogP contribution in [0.15, 0.2) is 0 Å². The van der Waals surface area contributed by atoms with Crippen molar-refractivity contribution in [3.63, 3.8) is 0 Å². The zero-order chi connectivity index (χ0) is 12.3. The maximum atomic E-state index is 12.3. The lowest BCUT2D eigenvalue weighted by Gasteiger charge is -2.25. The molecule has 1 heterocycles. The van der Waals surface area contributed by atoms with Crippen LogP contribution >= 0.6 is 0 Å². The van der Waals surface area contributed by atoms with Gasteiger partial charge in [0.15, 0.2) is 0 Å². The molecular weight excluding hydrogens is 212 g/mol. The first-order valence-corrected chi connectivity index (χ1v) is 7.14. The van der Waals surface area contributed by atoms with Crippen molar-refractivity contribution in [2.75, 3.05) is 20.1 Å². The molecule has 0 unspecified atom stereocenters. The minimum absolute atomic E-state index is 0.404. The van der Waals surface area contributed by atoms with Crippen molar-refractivity contribution in [1.82, 2.24) is 10.2 Å². The van der Waals surface area contributed by atoms with Crippen LogP contribution in [-0.2, 0) is 4.79 Å². The number of likely N-dealkylation sites (N-methyl/N-ethyl adjacent to an activating group) is 1.